The molecule has 0 bridgehead atoms. The van der Waals surface area contributed by atoms with Crippen LogP contribution in [0.3, 0.4) is 0 Å². The Hall–Kier alpha value is -0.730. The predicted octanol–water partition coefficient (Wildman–Crippen LogP) is 1.88. The van der Waals surface area contributed by atoms with Gasteiger partial charge in [0.05, 0.1) is 0 Å². The number of nitrogens with one attached hydrogen (secondary N) is 1. The van der Waals surface area contributed by atoms with Crippen LogP contribution in [0.2, 0.25) is 0 Å². The van der Waals surface area contributed by atoms with E-state index in [1.165, 1.54) is 38.5 Å². The van der Waals surface area contributed by atoms with E-state index in [1.807, 2.05) is 0 Å². The maximum atomic E-state index is 5.86. The first kappa shape index (κ1) is 10.8. The van der Waals surface area contributed by atoms with Crippen molar-refractivity contribution in [2.75, 3.05) is 6.54 Å². The molecular weight excluding hydrogens is 186 g/mol. The third kappa shape index (κ3) is 3.40. The second-order valence-corrected chi connectivity index (χ2v) is 5.17. The van der Waals surface area contributed by atoms with Crippen molar-refractivity contribution in [3.63, 3.8) is 0 Å². The quantitative estimate of drug-likeness (QED) is 0.548. The normalized spacial score (nSPS) is 25.5. The smallest absolute Gasteiger partial charge is 0.188 e. The molecule has 86 valence electrons. The SMILES string of the molecule is CC(CN=C(N)NC1CCCC1)C1CC1. The van der Waals surface area contributed by atoms with Gasteiger partial charge in [-0.15, -0.1) is 0 Å². The van der Waals surface area contributed by atoms with E-state index in [-0.39, 0.29) is 0 Å². The molecule has 0 amide bonds. The number of nitrogens with zero attached hydrogens (tertiary/aromatic N) is 1. The van der Waals surface area contributed by atoms with Crippen LogP contribution >= 0.6 is 0 Å². The molecule has 0 aromatic rings. The van der Waals surface area contributed by atoms with Gasteiger partial charge in [-0.25, -0.2) is 0 Å². The monoisotopic (exact) mass is 209 g/mol. The van der Waals surface area contributed by atoms with Gasteiger partial charge in [0, 0.05) is 12.6 Å². The first-order chi connectivity index (χ1) is 7.25. The molecule has 0 spiro atoms. The lowest BCUT2D eigenvalue weighted by atomic mass is 10.1. The lowest BCUT2D eigenvalue weighted by molar-refractivity contribution is 0.519. The third-order valence-electron chi connectivity index (χ3n) is 3.68. The molecule has 2 rings (SSSR count). The van der Waals surface area contributed by atoms with Crippen LogP contribution in [0, 0.1) is 11.8 Å². The summed E-state index contributed by atoms with van der Waals surface area (Å²) in [6.07, 6.45) is 7.98. The van der Waals surface area contributed by atoms with E-state index in [2.05, 4.69) is 17.2 Å². The molecule has 2 aliphatic carbocycles. The third-order valence-corrected chi connectivity index (χ3v) is 3.68. The Bertz CT molecular complexity index is 227. The summed E-state index contributed by atoms with van der Waals surface area (Å²) in [7, 11) is 0. The average molecular weight is 209 g/mol. The van der Waals surface area contributed by atoms with Crippen LogP contribution in [0.25, 0.3) is 0 Å². The molecule has 1 atom stereocenters. The summed E-state index contributed by atoms with van der Waals surface area (Å²) in [5.41, 5.74) is 5.86. The van der Waals surface area contributed by atoms with Gasteiger partial charge in [0.1, 0.15) is 0 Å². The molecule has 0 saturated heterocycles. The van der Waals surface area contributed by atoms with Crippen molar-refractivity contribution in [3.8, 4) is 0 Å². The Labute approximate surface area is 92.5 Å². The molecule has 0 aromatic heterocycles. The molecule has 3 nitrogen and oxygen atoms in total. The topological polar surface area (TPSA) is 50.4 Å². The van der Waals surface area contributed by atoms with E-state index in [9.17, 15) is 0 Å². The number of guanidine groups is 1. The highest BCUT2D eigenvalue weighted by Crippen LogP contribution is 2.36. The van der Waals surface area contributed by atoms with Crippen molar-refractivity contribution in [2.45, 2.75) is 51.5 Å². The van der Waals surface area contributed by atoms with Gasteiger partial charge in [0.2, 0.25) is 0 Å². The van der Waals surface area contributed by atoms with Crippen LogP contribution in [0.15, 0.2) is 4.99 Å². The second-order valence-electron chi connectivity index (χ2n) is 5.17. The molecule has 15 heavy (non-hydrogen) atoms. The first-order valence-electron chi connectivity index (χ1n) is 6.32. The van der Waals surface area contributed by atoms with E-state index >= 15 is 0 Å². The number of hydrogen-bond acceptors (Lipinski definition) is 1. The average Bonchev–Trinajstić information content (AvgIpc) is 2.95. The van der Waals surface area contributed by atoms with E-state index in [0.717, 1.165) is 12.5 Å². The summed E-state index contributed by atoms with van der Waals surface area (Å²) in [5.74, 6) is 2.30. The van der Waals surface area contributed by atoms with Gasteiger partial charge in [-0.2, -0.15) is 0 Å². The Morgan fingerprint density at radius 1 is 1.33 bits per heavy atom. The summed E-state index contributed by atoms with van der Waals surface area (Å²) in [5, 5.41) is 3.32. The van der Waals surface area contributed by atoms with Crippen LogP contribution in [0.4, 0.5) is 0 Å². The lowest BCUT2D eigenvalue weighted by Gasteiger charge is -2.13. The van der Waals surface area contributed by atoms with Crippen LogP contribution in [0.5, 0.6) is 0 Å². The van der Waals surface area contributed by atoms with Gasteiger partial charge in [0.25, 0.3) is 0 Å². The molecule has 0 radical (unpaired) electrons. The molecule has 0 heterocycles. The zero-order valence-corrected chi connectivity index (χ0v) is 9.71. The molecule has 2 saturated carbocycles. The van der Waals surface area contributed by atoms with Gasteiger partial charge in [0.15, 0.2) is 5.96 Å². The first-order valence-corrected chi connectivity index (χ1v) is 6.32. The molecule has 3 heteroatoms. The van der Waals surface area contributed by atoms with Gasteiger partial charge in [-0.1, -0.05) is 19.8 Å². The molecule has 0 aromatic carbocycles. The second kappa shape index (κ2) is 4.86. The largest absolute Gasteiger partial charge is 0.370 e. The van der Waals surface area contributed by atoms with E-state index in [4.69, 9.17) is 5.73 Å². The highest BCUT2D eigenvalue weighted by Gasteiger charge is 2.27. The fraction of sp³-hybridized carbons (Fsp3) is 0.917. The maximum absolute atomic E-state index is 5.86. The van der Waals surface area contributed by atoms with Crippen molar-refractivity contribution < 1.29 is 0 Å². The fourth-order valence-electron chi connectivity index (χ4n) is 2.38. The number of rotatable bonds is 4. The zero-order valence-electron chi connectivity index (χ0n) is 9.71. The van der Waals surface area contributed by atoms with Crippen LogP contribution in [-0.4, -0.2) is 18.5 Å². The van der Waals surface area contributed by atoms with Crippen LogP contribution in [-0.2, 0) is 0 Å². The summed E-state index contributed by atoms with van der Waals surface area (Å²) < 4.78 is 0. The summed E-state index contributed by atoms with van der Waals surface area (Å²) in [4.78, 5) is 4.43. The molecule has 1 unspecified atom stereocenters. The Morgan fingerprint density at radius 2 is 2.00 bits per heavy atom. The molecule has 2 fully saturated rings. The molecular formula is C12H23N3. The van der Waals surface area contributed by atoms with Crippen molar-refractivity contribution >= 4 is 5.96 Å². The van der Waals surface area contributed by atoms with Crippen molar-refractivity contribution in [2.24, 2.45) is 22.6 Å². The van der Waals surface area contributed by atoms with Crippen LogP contribution in [0.1, 0.15) is 45.4 Å². The van der Waals surface area contributed by atoms with Gasteiger partial charge < -0.3 is 11.1 Å². The van der Waals surface area contributed by atoms with E-state index in [0.29, 0.717) is 17.9 Å². The molecule has 0 aliphatic heterocycles. The van der Waals surface area contributed by atoms with E-state index in [1.54, 1.807) is 0 Å². The van der Waals surface area contributed by atoms with Crippen LogP contribution < -0.4 is 11.1 Å². The molecule has 3 N–H and O–H groups in total. The fourth-order valence-corrected chi connectivity index (χ4v) is 2.38. The van der Waals surface area contributed by atoms with Crippen molar-refractivity contribution in [3.05, 3.63) is 0 Å². The summed E-state index contributed by atoms with van der Waals surface area (Å²) in [6, 6.07) is 0.588. The Morgan fingerprint density at radius 3 is 2.60 bits per heavy atom. The Balaban J connectivity index is 1.68. The van der Waals surface area contributed by atoms with Crippen molar-refractivity contribution in [1.29, 1.82) is 0 Å². The zero-order chi connectivity index (χ0) is 10.7. The van der Waals surface area contributed by atoms with Gasteiger partial charge in [-0.05, 0) is 37.5 Å². The highest BCUT2D eigenvalue weighted by atomic mass is 15.1. The van der Waals surface area contributed by atoms with E-state index < -0.39 is 0 Å². The predicted molar refractivity (Wildman–Crippen MR) is 63.8 cm³/mol. The van der Waals surface area contributed by atoms with Crippen molar-refractivity contribution in [1.82, 2.24) is 5.32 Å². The summed E-state index contributed by atoms with van der Waals surface area (Å²) >= 11 is 0. The minimum atomic E-state index is 0.588. The maximum Gasteiger partial charge on any atom is 0.188 e. The number of aliphatic imine (C=N–C) groups is 1. The lowest BCUT2D eigenvalue weighted by Crippen LogP contribution is -2.38. The Kier molecular flexibility index (Phi) is 3.49. The minimum absolute atomic E-state index is 0.588. The highest BCUT2D eigenvalue weighted by molar-refractivity contribution is 5.78. The summed E-state index contributed by atoms with van der Waals surface area (Å²) in [6.45, 7) is 3.18. The molecule has 2 aliphatic rings. The van der Waals surface area contributed by atoms with Gasteiger partial charge in [-0.3, -0.25) is 4.99 Å². The number of hydrogen-bond donors (Lipinski definition) is 2. The minimum Gasteiger partial charge on any atom is -0.370 e. The standard InChI is InChI=1S/C12H23N3/c1-9(10-6-7-10)8-14-12(13)15-11-4-2-3-5-11/h9-11H,2-8H2,1H3,(H3,13,14,15). The number of nitrogens with two attached hydrogens (primary N) is 1. The van der Waals surface area contributed by atoms with Gasteiger partial charge >= 0.3 is 0 Å².